The Morgan fingerprint density at radius 3 is 2.67 bits per heavy atom. The Hall–Kier alpha value is -2.97. The second-order valence-corrected chi connectivity index (χ2v) is 7.24. The largest absolute Gasteiger partial charge is 0.394 e. The van der Waals surface area contributed by atoms with Gasteiger partial charge in [0, 0.05) is 13.1 Å². The third kappa shape index (κ3) is 3.53. The summed E-state index contributed by atoms with van der Waals surface area (Å²) < 4.78 is 8.11. The minimum atomic E-state index is -0.326. The van der Waals surface area contributed by atoms with Crippen molar-refractivity contribution in [1.29, 1.82) is 0 Å². The predicted octanol–water partition coefficient (Wildman–Crippen LogP) is 2.95. The third-order valence-corrected chi connectivity index (χ3v) is 5.32. The van der Waals surface area contributed by atoms with E-state index in [-0.39, 0.29) is 24.8 Å². The van der Waals surface area contributed by atoms with Gasteiger partial charge in [-0.15, -0.1) is 0 Å². The minimum absolute atomic E-state index is 0.0306. The lowest BCUT2D eigenvalue weighted by molar-refractivity contribution is -0.0197. The summed E-state index contributed by atoms with van der Waals surface area (Å²) in [4.78, 5) is 22.2. The van der Waals surface area contributed by atoms with Crippen LogP contribution < -0.4 is 10.6 Å². The van der Waals surface area contributed by atoms with E-state index in [1.807, 2.05) is 48.7 Å². The Labute approximate surface area is 175 Å². The summed E-state index contributed by atoms with van der Waals surface area (Å²) >= 11 is 0. The SMILES string of the molecule is CCNC(=O)c1c(-c2ccccc2)n(C2CCC(CO)O2)c2ncnc(NCC)c12. The van der Waals surface area contributed by atoms with Crippen LogP contribution in [0.5, 0.6) is 0 Å². The smallest absolute Gasteiger partial charge is 0.254 e. The van der Waals surface area contributed by atoms with Crippen molar-refractivity contribution in [2.24, 2.45) is 0 Å². The highest BCUT2D eigenvalue weighted by atomic mass is 16.5. The molecule has 0 spiro atoms. The van der Waals surface area contributed by atoms with Gasteiger partial charge in [0.05, 0.1) is 29.4 Å². The van der Waals surface area contributed by atoms with Crippen LogP contribution in [0.4, 0.5) is 5.82 Å². The monoisotopic (exact) mass is 409 g/mol. The number of fused-ring (bicyclic) bond motifs is 1. The molecular weight excluding hydrogens is 382 g/mol. The van der Waals surface area contributed by atoms with Gasteiger partial charge in [0.1, 0.15) is 24.0 Å². The normalized spacial score (nSPS) is 18.6. The molecule has 2 unspecified atom stereocenters. The van der Waals surface area contributed by atoms with Crippen molar-refractivity contribution in [3.8, 4) is 11.3 Å². The van der Waals surface area contributed by atoms with Crippen LogP contribution in [0.15, 0.2) is 36.7 Å². The van der Waals surface area contributed by atoms with Crippen LogP contribution in [0.1, 0.15) is 43.3 Å². The minimum Gasteiger partial charge on any atom is -0.394 e. The molecule has 158 valence electrons. The molecule has 2 aromatic heterocycles. The zero-order valence-corrected chi connectivity index (χ0v) is 17.3. The Bertz CT molecular complexity index is 1030. The topological polar surface area (TPSA) is 101 Å². The van der Waals surface area contributed by atoms with Gasteiger partial charge in [-0.25, -0.2) is 9.97 Å². The first-order chi connectivity index (χ1) is 14.7. The van der Waals surface area contributed by atoms with Crippen molar-refractivity contribution in [2.75, 3.05) is 25.0 Å². The fourth-order valence-electron chi connectivity index (χ4n) is 4.08. The first-order valence-electron chi connectivity index (χ1n) is 10.4. The van der Waals surface area contributed by atoms with Gasteiger partial charge in [0.2, 0.25) is 0 Å². The number of carbonyl (C=O) groups excluding carboxylic acids is 1. The van der Waals surface area contributed by atoms with Crippen LogP contribution >= 0.6 is 0 Å². The molecular formula is C22H27N5O3. The number of aliphatic hydroxyl groups excluding tert-OH is 1. The van der Waals surface area contributed by atoms with Crippen LogP contribution in [0.25, 0.3) is 22.3 Å². The number of benzene rings is 1. The maximum atomic E-state index is 13.3. The molecule has 0 bridgehead atoms. The summed E-state index contributed by atoms with van der Waals surface area (Å²) in [6.07, 6.45) is 2.43. The first kappa shape index (κ1) is 20.3. The number of ether oxygens (including phenoxy) is 1. The van der Waals surface area contributed by atoms with Crippen molar-refractivity contribution in [2.45, 2.75) is 39.0 Å². The Kier molecular flexibility index (Phi) is 5.96. The molecule has 2 atom stereocenters. The van der Waals surface area contributed by atoms with Gasteiger partial charge in [-0.1, -0.05) is 30.3 Å². The summed E-state index contributed by atoms with van der Waals surface area (Å²) in [5.41, 5.74) is 2.82. The van der Waals surface area contributed by atoms with Crippen molar-refractivity contribution < 1.29 is 14.6 Å². The van der Waals surface area contributed by atoms with Crippen molar-refractivity contribution in [3.05, 3.63) is 42.2 Å². The molecule has 1 aliphatic heterocycles. The van der Waals surface area contributed by atoms with E-state index in [4.69, 9.17) is 4.74 Å². The molecule has 8 heteroatoms. The predicted molar refractivity (Wildman–Crippen MR) is 115 cm³/mol. The number of nitrogens with one attached hydrogen (secondary N) is 2. The molecule has 1 aromatic carbocycles. The summed E-state index contributed by atoms with van der Waals surface area (Å²) in [6, 6.07) is 9.79. The second kappa shape index (κ2) is 8.81. The number of nitrogens with zero attached hydrogens (tertiary/aromatic N) is 3. The van der Waals surface area contributed by atoms with Crippen molar-refractivity contribution in [3.63, 3.8) is 0 Å². The number of aliphatic hydroxyl groups is 1. The van der Waals surface area contributed by atoms with E-state index in [1.54, 1.807) is 0 Å². The van der Waals surface area contributed by atoms with Gasteiger partial charge in [-0.2, -0.15) is 0 Å². The lowest BCUT2D eigenvalue weighted by Crippen LogP contribution is -2.24. The van der Waals surface area contributed by atoms with E-state index in [0.717, 1.165) is 24.1 Å². The number of rotatable bonds is 7. The molecule has 8 nitrogen and oxygen atoms in total. The number of hydrogen-bond acceptors (Lipinski definition) is 6. The molecule has 0 aliphatic carbocycles. The molecule has 1 fully saturated rings. The van der Waals surface area contributed by atoms with Gasteiger partial charge in [-0.3, -0.25) is 9.36 Å². The fraction of sp³-hybridized carbons (Fsp3) is 0.409. The lowest BCUT2D eigenvalue weighted by atomic mass is 10.0. The lowest BCUT2D eigenvalue weighted by Gasteiger charge is -2.19. The van der Waals surface area contributed by atoms with Gasteiger partial charge < -0.3 is 20.5 Å². The maximum Gasteiger partial charge on any atom is 0.254 e. The zero-order valence-electron chi connectivity index (χ0n) is 17.3. The van der Waals surface area contributed by atoms with Crippen LogP contribution in [0, 0.1) is 0 Å². The number of aromatic nitrogens is 3. The van der Waals surface area contributed by atoms with Gasteiger partial charge >= 0.3 is 0 Å². The molecule has 3 N–H and O–H groups in total. The van der Waals surface area contributed by atoms with E-state index in [0.29, 0.717) is 35.5 Å². The quantitative estimate of drug-likeness (QED) is 0.555. The van der Waals surface area contributed by atoms with Gasteiger partial charge in [-0.05, 0) is 32.3 Å². The summed E-state index contributed by atoms with van der Waals surface area (Å²) in [5, 5.41) is 16.5. The zero-order chi connectivity index (χ0) is 21.1. The molecule has 1 saturated heterocycles. The Balaban J connectivity index is 2.05. The first-order valence-corrected chi connectivity index (χ1v) is 10.4. The summed E-state index contributed by atoms with van der Waals surface area (Å²) in [7, 11) is 0. The van der Waals surface area contributed by atoms with E-state index < -0.39 is 0 Å². The molecule has 4 rings (SSSR count). The average Bonchev–Trinajstić information content (AvgIpc) is 3.37. The second-order valence-electron chi connectivity index (χ2n) is 7.24. The Morgan fingerprint density at radius 2 is 2.00 bits per heavy atom. The highest BCUT2D eigenvalue weighted by Crippen LogP contribution is 2.41. The van der Waals surface area contributed by atoms with E-state index in [2.05, 4.69) is 20.6 Å². The highest BCUT2D eigenvalue weighted by molar-refractivity contribution is 6.15. The van der Waals surface area contributed by atoms with Crippen LogP contribution in [0.3, 0.4) is 0 Å². The highest BCUT2D eigenvalue weighted by Gasteiger charge is 2.34. The third-order valence-electron chi connectivity index (χ3n) is 5.32. The number of hydrogen-bond donors (Lipinski definition) is 3. The van der Waals surface area contributed by atoms with Gasteiger partial charge in [0.25, 0.3) is 5.91 Å². The average molecular weight is 409 g/mol. The van der Waals surface area contributed by atoms with E-state index in [9.17, 15) is 9.90 Å². The van der Waals surface area contributed by atoms with Crippen LogP contribution in [-0.4, -0.2) is 51.3 Å². The van der Waals surface area contributed by atoms with Crippen LogP contribution in [0.2, 0.25) is 0 Å². The maximum absolute atomic E-state index is 13.3. The standard InChI is InChI=1S/C22H27N5O3/c1-3-23-20-18-17(22(29)24-4-2)19(14-8-6-5-7-9-14)27(21(18)26-13-25-20)16-11-10-15(12-28)30-16/h5-9,13,15-16,28H,3-4,10-12H2,1-2H3,(H,24,29)(H,23,25,26). The summed E-state index contributed by atoms with van der Waals surface area (Å²) in [5.74, 6) is 0.446. The number of carbonyl (C=O) groups is 1. The molecule has 0 radical (unpaired) electrons. The van der Waals surface area contributed by atoms with E-state index in [1.165, 1.54) is 6.33 Å². The molecule has 30 heavy (non-hydrogen) atoms. The molecule has 1 aliphatic rings. The Morgan fingerprint density at radius 1 is 1.20 bits per heavy atom. The fourth-order valence-corrected chi connectivity index (χ4v) is 4.08. The summed E-state index contributed by atoms with van der Waals surface area (Å²) in [6.45, 7) is 5.03. The molecule has 1 amide bonds. The molecule has 0 saturated carbocycles. The molecule has 3 aromatic rings. The molecule has 3 heterocycles. The number of anilines is 1. The van der Waals surface area contributed by atoms with Crippen molar-refractivity contribution in [1.82, 2.24) is 19.9 Å². The van der Waals surface area contributed by atoms with Gasteiger partial charge in [0.15, 0.2) is 0 Å². The van der Waals surface area contributed by atoms with E-state index >= 15 is 0 Å². The van der Waals surface area contributed by atoms with Crippen molar-refractivity contribution >= 4 is 22.8 Å². The van der Waals surface area contributed by atoms with Crippen LogP contribution in [-0.2, 0) is 4.74 Å². The number of amides is 1.